The smallest absolute Gasteiger partial charge is 0.181 e. The van der Waals surface area contributed by atoms with E-state index in [1.807, 2.05) is 48.5 Å². The first-order valence-electron chi connectivity index (χ1n) is 7.97. The van der Waals surface area contributed by atoms with Crippen molar-refractivity contribution in [3.8, 4) is 23.0 Å². The fourth-order valence-electron chi connectivity index (χ4n) is 2.83. The molecule has 2 aliphatic heterocycles. The number of rotatable bonds is 4. The van der Waals surface area contributed by atoms with Gasteiger partial charge < -0.3 is 24.3 Å². The van der Waals surface area contributed by atoms with E-state index in [4.69, 9.17) is 18.9 Å². The van der Waals surface area contributed by atoms with Crippen LogP contribution in [0.5, 0.6) is 23.0 Å². The van der Waals surface area contributed by atoms with Crippen LogP contribution in [-0.4, -0.2) is 38.5 Å². The number of quaternary nitrogens is 1. The minimum Gasteiger partial charge on any atom is -0.486 e. The van der Waals surface area contributed by atoms with Crippen molar-refractivity contribution in [3.63, 3.8) is 0 Å². The Kier molecular flexibility index (Phi) is 3.94. The molecule has 2 aliphatic rings. The van der Waals surface area contributed by atoms with Gasteiger partial charge in [0.2, 0.25) is 0 Å². The molecule has 2 aromatic rings. The second-order valence-electron chi connectivity index (χ2n) is 5.76. The maximum Gasteiger partial charge on any atom is 0.181 e. The van der Waals surface area contributed by atoms with Crippen molar-refractivity contribution in [2.24, 2.45) is 0 Å². The maximum atomic E-state index is 5.95. The van der Waals surface area contributed by atoms with Crippen molar-refractivity contribution in [3.05, 3.63) is 48.5 Å². The van der Waals surface area contributed by atoms with Crippen LogP contribution < -0.4 is 24.3 Å². The summed E-state index contributed by atoms with van der Waals surface area (Å²) in [6.07, 6.45) is 0.114. The summed E-state index contributed by atoms with van der Waals surface area (Å²) in [6, 6.07) is 15.6. The molecular weight excluding hydrogens is 294 g/mol. The van der Waals surface area contributed by atoms with Crippen LogP contribution in [0.2, 0.25) is 0 Å². The molecule has 4 rings (SSSR count). The van der Waals surface area contributed by atoms with E-state index in [0.29, 0.717) is 13.2 Å². The topological polar surface area (TPSA) is 53.5 Å². The molecule has 0 radical (unpaired) electrons. The molecule has 0 saturated carbocycles. The zero-order chi connectivity index (χ0) is 15.5. The summed E-state index contributed by atoms with van der Waals surface area (Å²) in [5.41, 5.74) is 0. The van der Waals surface area contributed by atoms with Crippen LogP contribution in [-0.2, 0) is 0 Å². The van der Waals surface area contributed by atoms with E-state index in [2.05, 4.69) is 5.32 Å². The van der Waals surface area contributed by atoms with Crippen molar-refractivity contribution in [2.45, 2.75) is 12.2 Å². The van der Waals surface area contributed by atoms with Gasteiger partial charge >= 0.3 is 0 Å². The van der Waals surface area contributed by atoms with E-state index in [0.717, 1.165) is 36.1 Å². The number of benzene rings is 2. The molecule has 0 aliphatic carbocycles. The van der Waals surface area contributed by atoms with E-state index in [1.165, 1.54) is 0 Å². The Bertz CT molecular complexity index is 618. The lowest BCUT2D eigenvalue weighted by Gasteiger charge is -2.27. The van der Waals surface area contributed by atoms with Gasteiger partial charge in [-0.3, -0.25) is 0 Å². The highest BCUT2D eigenvalue weighted by atomic mass is 16.6. The van der Waals surface area contributed by atoms with Crippen LogP contribution >= 0.6 is 0 Å². The average molecular weight is 314 g/mol. The van der Waals surface area contributed by atoms with Crippen LogP contribution in [0, 0.1) is 0 Å². The Morgan fingerprint density at radius 3 is 1.61 bits per heavy atom. The molecule has 2 atom stereocenters. The summed E-state index contributed by atoms with van der Waals surface area (Å²) < 4.78 is 23.3. The van der Waals surface area contributed by atoms with E-state index in [9.17, 15) is 0 Å². The predicted molar refractivity (Wildman–Crippen MR) is 84.4 cm³/mol. The Morgan fingerprint density at radius 1 is 0.696 bits per heavy atom. The van der Waals surface area contributed by atoms with E-state index < -0.39 is 0 Å². The van der Waals surface area contributed by atoms with Gasteiger partial charge in [-0.1, -0.05) is 24.3 Å². The van der Waals surface area contributed by atoms with Gasteiger partial charge in [0.15, 0.2) is 35.2 Å². The van der Waals surface area contributed by atoms with E-state index >= 15 is 0 Å². The lowest BCUT2D eigenvalue weighted by molar-refractivity contribution is -0.666. The Morgan fingerprint density at radius 2 is 1.13 bits per heavy atom. The molecule has 23 heavy (non-hydrogen) atoms. The molecule has 0 spiro atoms. The molecule has 0 amide bonds. The van der Waals surface area contributed by atoms with E-state index in [1.54, 1.807) is 0 Å². The lowest BCUT2D eigenvalue weighted by atomic mass is 10.2. The quantitative estimate of drug-likeness (QED) is 0.922. The second kappa shape index (κ2) is 6.38. The number of hydrogen-bond acceptors (Lipinski definition) is 4. The third kappa shape index (κ3) is 3.19. The van der Waals surface area contributed by atoms with Gasteiger partial charge in [0, 0.05) is 0 Å². The van der Waals surface area contributed by atoms with Crippen molar-refractivity contribution in [1.29, 1.82) is 0 Å². The molecule has 5 heteroatoms. The van der Waals surface area contributed by atoms with Crippen molar-refractivity contribution < 1.29 is 24.3 Å². The predicted octanol–water partition coefficient (Wildman–Crippen LogP) is 1.23. The Balaban J connectivity index is 1.26. The Hall–Kier alpha value is -2.40. The van der Waals surface area contributed by atoms with Crippen LogP contribution in [0.15, 0.2) is 48.5 Å². The molecule has 0 aromatic heterocycles. The molecule has 5 nitrogen and oxygen atoms in total. The highest BCUT2D eigenvalue weighted by Crippen LogP contribution is 2.31. The molecular formula is C18H20NO4+. The summed E-state index contributed by atoms with van der Waals surface area (Å²) in [7, 11) is 0. The molecule has 0 bridgehead atoms. The summed E-state index contributed by atoms with van der Waals surface area (Å²) in [5, 5.41) is 2.20. The third-order valence-corrected chi connectivity index (χ3v) is 3.99. The first-order chi connectivity index (χ1) is 11.4. The minimum atomic E-state index is 0.0571. The van der Waals surface area contributed by atoms with Gasteiger partial charge in [0.25, 0.3) is 0 Å². The fourth-order valence-corrected chi connectivity index (χ4v) is 2.83. The summed E-state index contributed by atoms with van der Waals surface area (Å²) >= 11 is 0. The zero-order valence-corrected chi connectivity index (χ0v) is 12.8. The van der Waals surface area contributed by atoms with Crippen LogP contribution in [0.4, 0.5) is 0 Å². The monoisotopic (exact) mass is 314 g/mol. The first-order valence-corrected chi connectivity index (χ1v) is 7.97. The summed E-state index contributed by atoms with van der Waals surface area (Å²) in [5.74, 6) is 3.29. The second-order valence-corrected chi connectivity index (χ2v) is 5.76. The summed E-state index contributed by atoms with van der Waals surface area (Å²) in [4.78, 5) is 0. The minimum absolute atomic E-state index is 0.0571. The highest BCUT2D eigenvalue weighted by Gasteiger charge is 2.25. The third-order valence-electron chi connectivity index (χ3n) is 3.99. The largest absolute Gasteiger partial charge is 0.486 e. The SMILES string of the molecule is c1ccc2c(c1)OC[C@@H](C[NH2+]C[C@H]1COc3ccccc3O1)O2. The van der Waals surface area contributed by atoms with Gasteiger partial charge in [-0.25, -0.2) is 0 Å². The van der Waals surface area contributed by atoms with Crippen LogP contribution in [0.1, 0.15) is 0 Å². The summed E-state index contributed by atoms with van der Waals surface area (Å²) in [6.45, 7) is 2.82. The average Bonchev–Trinajstić information content (AvgIpc) is 2.61. The molecule has 0 unspecified atom stereocenters. The van der Waals surface area contributed by atoms with Crippen LogP contribution in [0.25, 0.3) is 0 Å². The lowest BCUT2D eigenvalue weighted by Crippen LogP contribution is -2.89. The van der Waals surface area contributed by atoms with Crippen LogP contribution in [0.3, 0.4) is 0 Å². The van der Waals surface area contributed by atoms with Gasteiger partial charge in [-0.05, 0) is 24.3 Å². The number of ether oxygens (including phenoxy) is 4. The molecule has 0 saturated heterocycles. The van der Waals surface area contributed by atoms with Crippen molar-refractivity contribution >= 4 is 0 Å². The zero-order valence-electron chi connectivity index (χ0n) is 12.8. The Labute approximate surface area is 135 Å². The fraction of sp³-hybridized carbons (Fsp3) is 0.333. The van der Waals surface area contributed by atoms with Gasteiger partial charge in [0.1, 0.15) is 26.3 Å². The first kappa shape index (κ1) is 14.2. The number of hydrogen-bond donors (Lipinski definition) is 1. The molecule has 2 N–H and O–H groups in total. The van der Waals surface area contributed by atoms with Crippen molar-refractivity contribution in [2.75, 3.05) is 26.3 Å². The number of nitrogens with two attached hydrogens (primary N) is 1. The molecule has 2 heterocycles. The molecule has 2 aromatic carbocycles. The van der Waals surface area contributed by atoms with Gasteiger partial charge in [-0.15, -0.1) is 0 Å². The van der Waals surface area contributed by atoms with E-state index in [-0.39, 0.29) is 12.2 Å². The number of para-hydroxylation sites is 4. The highest BCUT2D eigenvalue weighted by molar-refractivity contribution is 5.41. The van der Waals surface area contributed by atoms with Gasteiger partial charge in [-0.2, -0.15) is 0 Å². The van der Waals surface area contributed by atoms with Crippen molar-refractivity contribution in [1.82, 2.24) is 0 Å². The number of fused-ring (bicyclic) bond motifs is 2. The normalized spacial score (nSPS) is 21.7. The maximum absolute atomic E-state index is 5.95. The standard InChI is InChI=1S/C18H19NO4/c1-3-7-17-15(5-1)20-11-13(22-17)9-19-10-14-12-21-16-6-2-4-8-18(16)23-14/h1-8,13-14,19H,9-12H2/p+1/t13-,14+. The molecule has 0 fully saturated rings. The van der Waals surface area contributed by atoms with Gasteiger partial charge in [0.05, 0.1) is 0 Å². The molecule has 120 valence electrons.